The quantitative estimate of drug-likeness (QED) is 0.871. The Morgan fingerprint density at radius 2 is 2.39 bits per heavy atom. The lowest BCUT2D eigenvalue weighted by atomic mass is 10.1. The Morgan fingerprint density at radius 3 is 3.00 bits per heavy atom. The summed E-state index contributed by atoms with van der Waals surface area (Å²) >= 11 is 0. The van der Waals surface area contributed by atoms with Crippen LogP contribution < -0.4 is 5.32 Å². The minimum Gasteiger partial charge on any atom is -0.466 e. The summed E-state index contributed by atoms with van der Waals surface area (Å²) in [5, 5.41) is 3.04. The van der Waals surface area contributed by atoms with Crippen LogP contribution in [0.15, 0.2) is 16.5 Å². The molecule has 2 atom stereocenters. The molecule has 0 saturated carbocycles. The first kappa shape index (κ1) is 13.1. The van der Waals surface area contributed by atoms with E-state index in [1.54, 1.807) is 0 Å². The predicted molar refractivity (Wildman–Crippen MR) is 68.3 cm³/mol. The SMILES string of the molecule is Cc1ccc(CC[C@@H](C)NC(=O)[C@@H]2CCOC2)o1. The third kappa shape index (κ3) is 3.60. The zero-order valence-corrected chi connectivity index (χ0v) is 11.1. The molecule has 1 fully saturated rings. The van der Waals surface area contributed by atoms with E-state index in [0.29, 0.717) is 13.2 Å². The Labute approximate surface area is 108 Å². The summed E-state index contributed by atoms with van der Waals surface area (Å²) < 4.78 is 10.7. The average Bonchev–Trinajstić information content (AvgIpc) is 2.97. The van der Waals surface area contributed by atoms with Crippen molar-refractivity contribution >= 4 is 5.91 Å². The van der Waals surface area contributed by atoms with Crippen LogP contribution in [0.4, 0.5) is 0 Å². The Morgan fingerprint density at radius 1 is 1.56 bits per heavy atom. The number of nitrogens with one attached hydrogen (secondary N) is 1. The molecule has 2 rings (SSSR count). The third-order valence-electron chi connectivity index (χ3n) is 3.31. The third-order valence-corrected chi connectivity index (χ3v) is 3.31. The number of hydrogen-bond acceptors (Lipinski definition) is 3. The molecule has 2 heterocycles. The highest BCUT2D eigenvalue weighted by atomic mass is 16.5. The van der Waals surface area contributed by atoms with Gasteiger partial charge in [-0.15, -0.1) is 0 Å². The van der Waals surface area contributed by atoms with E-state index in [9.17, 15) is 4.79 Å². The summed E-state index contributed by atoms with van der Waals surface area (Å²) in [6.45, 7) is 5.24. The number of carbonyl (C=O) groups excluding carboxylic acids is 1. The summed E-state index contributed by atoms with van der Waals surface area (Å²) in [5.41, 5.74) is 0. The lowest BCUT2D eigenvalue weighted by molar-refractivity contribution is -0.125. The van der Waals surface area contributed by atoms with E-state index in [2.05, 4.69) is 5.32 Å². The second kappa shape index (κ2) is 6.05. The van der Waals surface area contributed by atoms with Crippen molar-refractivity contribution in [1.29, 1.82) is 0 Å². The molecule has 4 heteroatoms. The smallest absolute Gasteiger partial charge is 0.225 e. The fourth-order valence-corrected chi connectivity index (χ4v) is 2.15. The monoisotopic (exact) mass is 251 g/mol. The highest BCUT2D eigenvalue weighted by molar-refractivity contribution is 5.79. The van der Waals surface area contributed by atoms with E-state index in [1.165, 1.54) is 0 Å². The Hall–Kier alpha value is -1.29. The standard InChI is InChI=1S/C14H21NO3/c1-10(3-5-13-6-4-11(2)18-13)15-14(16)12-7-8-17-9-12/h4,6,10,12H,3,5,7-9H2,1-2H3,(H,15,16)/t10-,12-/m1/s1. The normalized spacial score (nSPS) is 20.9. The number of hydrogen-bond donors (Lipinski definition) is 1. The van der Waals surface area contributed by atoms with Gasteiger partial charge < -0.3 is 14.5 Å². The average molecular weight is 251 g/mol. The maximum Gasteiger partial charge on any atom is 0.225 e. The van der Waals surface area contributed by atoms with Gasteiger partial charge in [0, 0.05) is 19.1 Å². The Balaban J connectivity index is 1.71. The first-order valence-corrected chi connectivity index (χ1v) is 6.58. The number of amides is 1. The molecule has 1 aromatic heterocycles. The van der Waals surface area contributed by atoms with Gasteiger partial charge in [0.15, 0.2) is 0 Å². The summed E-state index contributed by atoms with van der Waals surface area (Å²) in [6, 6.07) is 4.13. The Bertz CT molecular complexity index is 393. The van der Waals surface area contributed by atoms with E-state index in [-0.39, 0.29) is 17.9 Å². The van der Waals surface area contributed by atoms with Gasteiger partial charge in [-0.3, -0.25) is 4.79 Å². The van der Waals surface area contributed by atoms with Crippen molar-refractivity contribution in [2.24, 2.45) is 5.92 Å². The molecule has 0 aliphatic carbocycles. The van der Waals surface area contributed by atoms with Gasteiger partial charge in [0.25, 0.3) is 0 Å². The van der Waals surface area contributed by atoms with Crippen LogP contribution in [0.2, 0.25) is 0 Å². The molecule has 1 aliphatic heterocycles. The molecule has 4 nitrogen and oxygen atoms in total. The van der Waals surface area contributed by atoms with Crippen LogP contribution in [0.5, 0.6) is 0 Å². The van der Waals surface area contributed by atoms with Gasteiger partial charge in [0.05, 0.1) is 12.5 Å². The van der Waals surface area contributed by atoms with Crippen molar-refractivity contribution in [3.63, 3.8) is 0 Å². The van der Waals surface area contributed by atoms with Gasteiger partial charge in [0.1, 0.15) is 11.5 Å². The van der Waals surface area contributed by atoms with Crippen LogP contribution >= 0.6 is 0 Å². The molecule has 1 aromatic rings. The largest absolute Gasteiger partial charge is 0.466 e. The van der Waals surface area contributed by atoms with E-state index in [4.69, 9.17) is 9.15 Å². The van der Waals surface area contributed by atoms with Crippen LogP contribution in [0.25, 0.3) is 0 Å². The molecule has 0 aromatic carbocycles. The second-order valence-electron chi connectivity index (χ2n) is 5.02. The van der Waals surface area contributed by atoms with E-state index in [1.807, 2.05) is 26.0 Å². The Kier molecular flexibility index (Phi) is 4.42. The van der Waals surface area contributed by atoms with Crippen molar-refractivity contribution in [2.75, 3.05) is 13.2 Å². The second-order valence-corrected chi connectivity index (χ2v) is 5.02. The van der Waals surface area contributed by atoms with Gasteiger partial charge >= 0.3 is 0 Å². The van der Waals surface area contributed by atoms with E-state index >= 15 is 0 Å². The summed E-state index contributed by atoms with van der Waals surface area (Å²) in [7, 11) is 0. The molecule has 1 aliphatic rings. The predicted octanol–water partition coefficient (Wildman–Crippen LogP) is 2.06. The maximum atomic E-state index is 11.9. The molecular formula is C14H21NO3. The number of ether oxygens (including phenoxy) is 1. The molecule has 0 unspecified atom stereocenters. The van der Waals surface area contributed by atoms with Crippen LogP contribution in [0.3, 0.4) is 0 Å². The zero-order chi connectivity index (χ0) is 13.0. The summed E-state index contributed by atoms with van der Waals surface area (Å²) in [4.78, 5) is 11.9. The topological polar surface area (TPSA) is 51.5 Å². The number of rotatable bonds is 5. The molecule has 0 bridgehead atoms. The lowest BCUT2D eigenvalue weighted by Gasteiger charge is -2.15. The van der Waals surface area contributed by atoms with Crippen LogP contribution in [0.1, 0.15) is 31.3 Å². The number of aryl methyl sites for hydroxylation is 2. The van der Waals surface area contributed by atoms with Crippen molar-refractivity contribution in [2.45, 2.75) is 39.2 Å². The fraction of sp³-hybridized carbons (Fsp3) is 0.643. The summed E-state index contributed by atoms with van der Waals surface area (Å²) in [5.74, 6) is 2.08. The van der Waals surface area contributed by atoms with Crippen molar-refractivity contribution in [3.05, 3.63) is 23.7 Å². The highest BCUT2D eigenvalue weighted by Crippen LogP contribution is 2.13. The fourth-order valence-electron chi connectivity index (χ4n) is 2.15. The molecule has 18 heavy (non-hydrogen) atoms. The molecule has 0 radical (unpaired) electrons. The lowest BCUT2D eigenvalue weighted by Crippen LogP contribution is -2.37. The minimum absolute atomic E-state index is 0.0401. The van der Waals surface area contributed by atoms with Crippen LogP contribution in [0, 0.1) is 12.8 Å². The van der Waals surface area contributed by atoms with Crippen LogP contribution in [-0.2, 0) is 16.0 Å². The van der Waals surface area contributed by atoms with Gasteiger partial charge in [-0.1, -0.05) is 0 Å². The van der Waals surface area contributed by atoms with Gasteiger partial charge in [-0.25, -0.2) is 0 Å². The highest BCUT2D eigenvalue weighted by Gasteiger charge is 2.24. The minimum atomic E-state index is 0.0401. The van der Waals surface area contributed by atoms with Crippen LogP contribution in [-0.4, -0.2) is 25.2 Å². The molecular weight excluding hydrogens is 230 g/mol. The van der Waals surface area contributed by atoms with Gasteiger partial charge in [-0.05, 0) is 38.8 Å². The molecule has 1 saturated heterocycles. The molecule has 100 valence electrons. The van der Waals surface area contributed by atoms with E-state index in [0.717, 1.165) is 30.8 Å². The molecule has 0 spiro atoms. The number of carbonyl (C=O) groups is 1. The van der Waals surface area contributed by atoms with Crippen molar-refractivity contribution in [1.82, 2.24) is 5.32 Å². The summed E-state index contributed by atoms with van der Waals surface area (Å²) in [6.07, 6.45) is 2.60. The molecule has 1 amide bonds. The first-order chi connectivity index (χ1) is 8.65. The van der Waals surface area contributed by atoms with Crippen molar-refractivity contribution < 1.29 is 13.9 Å². The number of furan rings is 1. The maximum absolute atomic E-state index is 11.9. The molecule has 1 N–H and O–H groups in total. The van der Waals surface area contributed by atoms with Gasteiger partial charge in [-0.2, -0.15) is 0 Å². The van der Waals surface area contributed by atoms with Crippen molar-refractivity contribution in [3.8, 4) is 0 Å². The zero-order valence-electron chi connectivity index (χ0n) is 11.1. The first-order valence-electron chi connectivity index (χ1n) is 6.58. The van der Waals surface area contributed by atoms with E-state index < -0.39 is 0 Å². The van der Waals surface area contributed by atoms with Gasteiger partial charge in [0.2, 0.25) is 5.91 Å².